The van der Waals surface area contributed by atoms with Gasteiger partial charge in [-0.05, 0) is 145 Å². The third-order valence-corrected chi connectivity index (χ3v) is 16.7. The van der Waals surface area contributed by atoms with Crippen molar-refractivity contribution in [1.82, 2.24) is 19.9 Å². The van der Waals surface area contributed by atoms with E-state index >= 15 is 0 Å². The average Bonchev–Trinajstić information content (AvgIpc) is 0.734. The first-order valence-electron chi connectivity index (χ1n) is 35.2. The van der Waals surface area contributed by atoms with Crippen LogP contribution in [0.15, 0.2) is 320 Å². The predicted octanol–water partition coefficient (Wildman–Crippen LogP) is 23.9. The van der Waals surface area contributed by atoms with Crippen LogP contribution in [0.4, 0.5) is 0 Å². The fraction of sp³-hybridized carbons (Fsp3) is 0.0928. The van der Waals surface area contributed by atoms with Gasteiger partial charge in [-0.15, -0.1) is 117 Å². The molecule has 0 saturated heterocycles. The molecule has 17 aromatic rings. The summed E-state index contributed by atoms with van der Waals surface area (Å²) >= 11 is 0. The zero-order chi connectivity index (χ0) is 77.5. The van der Waals surface area contributed by atoms with Crippen molar-refractivity contribution in [3.63, 3.8) is 0 Å². The molecule has 0 bridgehead atoms. The third kappa shape index (κ3) is 25.6. The topological polar surface area (TPSA) is 201 Å². The van der Waals surface area contributed by atoms with Gasteiger partial charge < -0.3 is 20.4 Å². The Kier molecular flexibility index (Phi) is 35.4. The standard InChI is InChI=1S/C25H14N.C19H12N.C17H10N.C16H12N.4C5H8O2.4Ir/c1-2-7-22-16(4-1)12-15-23(26-22)20-13-10-19-9-8-17-5-3-6-18-11-14-21(20)25(19)24(17)18;1-3-9-16-14(6-1)8-5-10-17(16)19-13-12-15-7-2-4-11-18(15)20-19;1-3-7-15-12(5-1)9-10-14-11-13-6-2-4-8-16(13)18-17(14)15;1-12-6-8-14(9-7-12)16-11-10-13-4-2-3-5-15(13)17-16;4*1-4(6)3-5(2)7;;;;/h1-12,14-15H;1-9,11-13H;1-6,8-11H;2-8,10-11H,1H3;4*3,6H,1-2H3;;;;/q4*-1;;;;;;;;. The molecule has 17 rings (SSSR count). The van der Waals surface area contributed by atoms with Crippen molar-refractivity contribution in [1.29, 1.82) is 0 Å². The van der Waals surface area contributed by atoms with E-state index < -0.39 is 0 Å². The van der Waals surface area contributed by atoms with E-state index in [0.29, 0.717) is 0 Å². The van der Waals surface area contributed by atoms with Gasteiger partial charge in [0, 0.05) is 105 Å². The Hall–Kier alpha value is -11.2. The van der Waals surface area contributed by atoms with Crippen molar-refractivity contribution in [3.8, 4) is 33.8 Å². The number of hydrogen-bond donors (Lipinski definition) is 4. The molecule has 0 unspecified atom stereocenters. The maximum atomic E-state index is 10.0. The Balaban J connectivity index is 0.000000211. The number of nitrogens with zero attached hydrogens (tertiary/aromatic N) is 4. The third-order valence-electron chi connectivity index (χ3n) is 16.7. The summed E-state index contributed by atoms with van der Waals surface area (Å²) in [6.07, 6.45) is 4.67. The quantitative estimate of drug-likeness (QED) is 0.0387. The molecule has 576 valence electrons. The minimum atomic E-state index is -0.125. The summed E-state index contributed by atoms with van der Waals surface area (Å²) < 4.78 is 0. The van der Waals surface area contributed by atoms with Crippen LogP contribution in [0.1, 0.15) is 61.0 Å². The van der Waals surface area contributed by atoms with Crippen LogP contribution in [-0.4, -0.2) is 63.5 Å². The Morgan fingerprint density at radius 3 is 1.19 bits per heavy atom. The van der Waals surface area contributed by atoms with Gasteiger partial charge in [-0.3, -0.25) is 39.1 Å². The molecular weight excluding hydrogens is 2120 g/mol. The van der Waals surface area contributed by atoms with Crippen molar-refractivity contribution in [2.45, 2.75) is 62.3 Å². The summed E-state index contributed by atoms with van der Waals surface area (Å²) in [5.41, 5.74) is 12.5. The number of carbonyl (C=O) groups is 4. The van der Waals surface area contributed by atoms with Gasteiger partial charge >= 0.3 is 0 Å². The van der Waals surface area contributed by atoms with Crippen molar-refractivity contribution < 1.29 is 120 Å². The monoisotopic (exact) mass is 2200 g/mol. The van der Waals surface area contributed by atoms with Crippen LogP contribution in [0.2, 0.25) is 0 Å². The molecule has 0 aliphatic rings. The smallest absolute Gasteiger partial charge is 0.155 e. The maximum absolute atomic E-state index is 10.0. The van der Waals surface area contributed by atoms with Gasteiger partial charge in [0.05, 0.1) is 45.1 Å². The number of ketones is 4. The van der Waals surface area contributed by atoms with Gasteiger partial charge in [0.1, 0.15) is 0 Å². The molecule has 0 saturated carbocycles. The molecule has 0 fully saturated rings. The molecule has 0 spiro atoms. The largest absolute Gasteiger partial charge is 0.512 e. The van der Waals surface area contributed by atoms with Crippen LogP contribution in [0.25, 0.3) is 142 Å². The second-order valence-corrected chi connectivity index (χ2v) is 25.8. The Bertz CT molecular complexity index is 6130. The first-order chi connectivity index (χ1) is 52.5. The first kappa shape index (κ1) is 90.6. The fourth-order valence-electron chi connectivity index (χ4n) is 12.1. The van der Waals surface area contributed by atoms with Gasteiger partial charge in [-0.25, -0.2) is 0 Å². The minimum absolute atomic E-state index is 0. The molecule has 16 heteroatoms. The number of rotatable bonds is 7. The van der Waals surface area contributed by atoms with E-state index in [9.17, 15) is 19.2 Å². The van der Waals surface area contributed by atoms with Gasteiger partial charge in [0.2, 0.25) is 0 Å². The zero-order valence-corrected chi connectivity index (χ0v) is 72.9. The molecule has 113 heavy (non-hydrogen) atoms. The Morgan fingerprint density at radius 2 is 0.699 bits per heavy atom. The number of hydrogen-bond acceptors (Lipinski definition) is 12. The van der Waals surface area contributed by atoms with Crippen molar-refractivity contribution >= 4 is 132 Å². The molecule has 13 aromatic carbocycles. The molecular formula is C97H80Ir4N4O8-4. The molecule has 4 radical (unpaired) electrons. The van der Waals surface area contributed by atoms with E-state index in [1.54, 1.807) is 0 Å². The van der Waals surface area contributed by atoms with E-state index in [-0.39, 0.29) is 127 Å². The number of carbonyl (C=O) groups excluding carboxylic acids is 4. The zero-order valence-electron chi connectivity index (χ0n) is 63.3. The first-order valence-corrected chi connectivity index (χ1v) is 35.2. The van der Waals surface area contributed by atoms with Crippen LogP contribution in [0.3, 0.4) is 0 Å². The molecule has 4 heterocycles. The molecule has 0 amide bonds. The second-order valence-electron chi connectivity index (χ2n) is 25.8. The number of para-hydroxylation sites is 4. The number of aryl methyl sites for hydroxylation is 1. The second kappa shape index (κ2) is 44.1. The summed E-state index contributed by atoms with van der Waals surface area (Å²) in [6, 6.07) is 107. The van der Waals surface area contributed by atoms with Gasteiger partial charge in [0.15, 0.2) is 23.1 Å². The Morgan fingerprint density at radius 1 is 0.301 bits per heavy atom. The number of benzene rings is 13. The molecule has 4 N–H and O–H groups in total. The number of aliphatic hydroxyl groups excluding tert-OH is 4. The molecule has 4 aromatic heterocycles. The van der Waals surface area contributed by atoms with Crippen molar-refractivity contribution in [2.24, 2.45) is 0 Å². The molecule has 0 atom stereocenters. The van der Waals surface area contributed by atoms with Crippen LogP contribution >= 0.6 is 0 Å². The van der Waals surface area contributed by atoms with Crippen molar-refractivity contribution in [2.75, 3.05) is 0 Å². The van der Waals surface area contributed by atoms with E-state index in [4.69, 9.17) is 35.4 Å². The number of aromatic nitrogens is 4. The normalized spacial score (nSPS) is 10.9. The minimum Gasteiger partial charge on any atom is -0.512 e. The SMILES string of the molecule is CC(=O)C=C(C)O.CC(=O)C=C(C)O.CC(=O)C=C(C)O.CC(=O)C=C(C)O.Cc1c[c-]c(-c2ccc3ccccc3n2)cc1.[Ir].[Ir].[Ir].[Ir].[c-]1cc2ccc3cccc4ccc(c1-c1ccc5ccccc5n1)c2c34.[c-]1ccc2ccccc2c1-c1ccc2ccccc2n1.[c-]1cccc2ccc3cc4ccccc4nc3c12. The van der Waals surface area contributed by atoms with Crippen LogP contribution in [-0.2, 0) is 99.6 Å². The van der Waals surface area contributed by atoms with Crippen LogP contribution in [0.5, 0.6) is 0 Å². The summed E-state index contributed by atoms with van der Waals surface area (Å²) in [6.45, 7) is 13.5. The molecule has 0 aliphatic heterocycles. The summed E-state index contributed by atoms with van der Waals surface area (Å²) in [5.74, 6) is -0.250. The van der Waals surface area contributed by atoms with E-state index in [0.717, 1.165) is 77.5 Å². The van der Waals surface area contributed by atoms with Gasteiger partial charge in [-0.1, -0.05) is 223 Å². The van der Waals surface area contributed by atoms with Crippen molar-refractivity contribution in [3.05, 3.63) is 350 Å². The van der Waals surface area contributed by atoms with E-state index in [2.05, 4.69) is 218 Å². The van der Waals surface area contributed by atoms with Gasteiger partial charge in [-0.2, -0.15) is 0 Å². The number of fused-ring (bicyclic) bond motifs is 8. The van der Waals surface area contributed by atoms with Gasteiger partial charge in [0.25, 0.3) is 0 Å². The fourth-order valence-corrected chi connectivity index (χ4v) is 12.1. The predicted molar refractivity (Wildman–Crippen MR) is 448 cm³/mol. The number of aliphatic hydroxyl groups is 4. The van der Waals surface area contributed by atoms with Crippen LogP contribution < -0.4 is 0 Å². The van der Waals surface area contributed by atoms with E-state index in [1.165, 1.54) is 150 Å². The molecule has 0 aliphatic carbocycles. The summed E-state index contributed by atoms with van der Waals surface area (Å²) in [5, 5.41) is 51.6. The number of allylic oxidation sites excluding steroid dienone is 8. The van der Waals surface area contributed by atoms with Crippen LogP contribution in [0, 0.1) is 31.2 Å². The summed E-state index contributed by atoms with van der Waals surface area (Å²) in [7, 11) is 0. The van der Waals surface area contributed by atoms with E-state index in [1.807, 2.05) is 91.0 Å². The Labute approximate surface area is 711 Å². The molecule has 12 nitrogen and oxygen atoms in total. The summed E-state index contributed by atoms with van der Waals surface area (Å²) in [4.78, 5) is 59.2. The number of pyridine rings is 4. The average molecular weight is 2200 g/mol. The maximum Gasteiger partial charge on any atom is 0.155 e.